The van der Waals surface area contributed by atoms with Gasteiger partial charge in [0.2, 0.25) is 5.91 Å². The van der Waals surface area contributed by atoms with E-state index in [4.69, 9.17) is 4.98 Å². The van der Waals surface area contributed by atoms with E-state index in [0.717, 1.165) is 29.8 Å². The SMILES string of the molecule is CC(C)CC(=O)Nc1ncc(-c2ccccc2)nc1CCc1ccccc1. The van der Waals surface area contributed by atoms with Crippen LogP contribution in [0.5, 0.6) is 0 Å². The van der Waals surface area contributed by atoms with Crippen LogP contribution in [0.2, 0.25) is 0 Å². The standard InChI is InChI=1S/C23H25N3O/c1-17(2)15-22(27)26-23-20(14-13-18-9-5-3-6-10-18)25-21(16-24-23)19-11-7-4-8-12-19/h3-12,16-17H,13-15H2,1-2H3,(H,24,26,27). The first-order valence-electron chi connectivity index (χ1n) is 9.37. The Morgan fingerprint density at radius 1 is 0.963 bits per heavy atom. The van der Waals surface area contributed by atoms with E-state index >= 15 is 0 Å². The van der Waals surface area contributed by atoms with Gasteiger partial charge in [0.15, 0.2) is 5.82 Å². The molecule has 4 heteroatoms. The number of aromatic nitrogens is 2. The number of carbonyl (C=O) groups is 1. The molecular formula is C23H25N3O. The molecular weight excluding hydrogens is 334 g/mol. The fraction of sp³-hybridized carbons (Fsp3) is 0.261. The van der Waals surface area contributed by atoms with E-state index in [0.29, 0.717) is 18.2 Å². The lowest BCUT2D eigenvalue weighted by molar-refractivity contribution is -0.116. The van der Waals surface area contributed by atoms with Gasteiger partial charge >= 0.3 is 0 Å². The van der Waals surface area contributed by atoms with Crippen LogP contribution in [0.15, 0.2) is 66.9 Å². The van der Waals surface area contributed by atoms with Crippen LogP contribution in [0.3, 0.4) is 0 Å². The molecule has 0 saturated carbocycles. The van der Waals surface area contributed by atoms with Crippen LogP contribution in [0.4, 0.5) is 5.82 Å². The topological polar surface area (TPSA) is 54.9 Å². The third-order valence-corrected chi connectivity index (χ3v) is 4.26. The van der Waals surface area contributed by atoms with Gasteiger partial charge in [0.1, 0.15) is 0 Å². The van der Waals surface area contributed by atoms with Gasteiger partial charge in [-0.2, -0.15) is 0 Å². The highest BCUT2D eigenvalue weighted by molar-refractivity contribution is 5.90. The quantitative estimate of drug-likeness (QED) is 0.652. The molecule has 1 N–H and O–H groups in total. The molecule has 0 fully saturated rings. The molecule has 1 aromatic heterocycles. The van der Waals surface area contributed by atoms with Crippen molar-refractivity contribution in [3.05, 3.63) is 78.1 Å². The first-order chi connectivity index (χ1) is 13.1. The minimum Gasteiger partial charge on any atom is -0.309 e. The number of nitrogens with zero attached hydrogens (tertiary/aromatic N) is 2. The van der Waals surface area contributed by atoms with Crippen LogP contribution >= 0.6 is 0 Å². The van der Waals surface area contributed by atoms with Gasteiger partial charge in [-0.3, -0.25) is 4.79 Å². The average Bonchev–Trinajstić information content (AvgIpc) is 2.68. The molecule has 0 bridgehead atoms. The third kappa shape index (κ3) is 5.48. The fourth-order valence-electron chi connectivity index (χ4n) is 2.92. The van der Waals surface area contributed by atoms with Crippen LogP contribution in [0.25, 0.3) is 11.3 Å². The van der Waals surface area contributed by atoms with Gasteiger partial charge in [-0.25, -0.2) is 9.97 Å². The van der Waals surface area contributed by atoms with Gasteiger partial charge in [0, 0.05) is 12.0 Å². The molecule has 0 radical (unpaired) electrons. The number of hydrogen-bond acceptors (Lipinski definition) is 3. The average molecular weight is 359 g/mol. The Hall–Kier alpha value is -3.01. The van der Waals surface area contributed by atoms with E-state index in [9.17, 15) is 4.79 Å². The summed E-state index contributed by atoms with van der Waals surface area (Å²) < 4.78 is 0. The number of nitrogens with one attached hydrogen (secondary N) is 1. The van der Waals surface area contributed by atoms with Crippen LogP contribution in [-0.2, 0) is 17.6 Å². The molecule has 0 unspecified atom stereocenters. The number of hydrogen-bond donors (Lipinski definition) is 1. The van der Waals surface area contributed by atoms with E-state index in [2.05, 4.69) is 22.4 Å². The van der Waals surface area contributed by atoms with Crippen LogP contribution in [-0.4, -0.2) is 15.9 Å². The van der Waals surface area contributed by atoms with Gasteiger partial charge in [-0.1, -0.05) is 74.5 Å². The second kappa shape index (κ2) is 9.08. The van der Waals surface area contributed by atoms with Crippen LogP contribution < -0.4 is 5.32 Å². The van der Waals surface area contributed by atoms with E-state index < -0.39 is 0 Å². The Labute approximate surface area is 160 Å². The van der Waals surface area contributed by atoms with Crippen molar-refractivity contribution < 1.29 is 4.79 Å². The normalized spacial score (nSPS) is 10.8. The number of benzene rings is 2. The molecule has 3 aromatic rings. The molecule has 3 rings (SSSR count). The molecule has 1 amide bonds. The maximum absolute atomic E-state index is 12.2. The summed E-state index contributed by atoms with van der Waals surface area (Å²) in [6, 6.07) is 20.3. The fourth-order valence-corrected chi connectivity index (χ4v) is 2.92. The lowest BCUT2D eigenvalue weighted by atomic mass is 10.1. The third-order valence-electron chi connectivity index (χ3n) is 4.26. The number of amides is 1. The molecule has 4 nitrogen and oxygen atoms in total. The summed E-state index contributed by atoms with van der Waals surface area (Å²) in [5, 5.41) is 2.94. The molecule has 0 aliphatic carbocycles. The molecule has 27 heavy (non-hydrogen) atoms. The maximum atomic E-state index is 12.2. The summed E-state index contributed by atoms with van der Waals surface area (Å²) in [7, 11) is 0. The zero-order valence-corrected chi connectivity index (χ0v) is 15.9. The van der Waals surface area contributed by atoms with E-state index in [1.54, 1.807) is 6.20 Å². The van der Waals surface area contributed by atoms with E-state index in [1.807, 2.05) is 62.4 Å². The molecule has 0 aliphatic rings. The van der Waals surface area contributed by atoms with Crippen molar-refractivity contribution in [2.75, 3.05) is 5.32 Å². The first kappa shape index (κ1) is 18.8. The van der Waals surface area contributed by atoms with Gasteiger partial charge < -0.3 is 5.32 Å². The van der Waals surface area contributed by atoms with E-state index in [-0.39, 0.29) is 5.91 Å². The summed E-state index contributed by atoms with van der Waals surface area (Å²) in [4.78, 5) is 21.6. The van der Waals surface area contributed by atoms with Gasteiger partial charge in [0.05, 0.1) is 17.6 Å². The van der Waals surface area contributed by atoms with Crippen LogP contribution in [0.1, 0.15) is 31.5 Å². The maximum Gasteiger partial charge on any atom is 0.225 e. The molecule has 0 saturated heterocycles. The van der Waals surface area contributed by atoms with Crippen molar-refractivity contribution >= 4 is 11.7 Å². The predicted octanol–water partition coefficient (Wildman–Crippen LogP) is 4.91. The van der Waals surface area contributed by atoms with Crippen molar-refractivity contribution in [2.24, 2.45) is 5.92 Å². The number of aryl methyl sites for hydroxylation is 2. The van der Waals surface area contributed by atoms with Crippen molar-refractivity contribution in [3.8, 4) is 11.3 Å². The molecule has 2 aromatic carbocycles. The van der Waals surface area contributed by atoms with E-state index in [1.165, 1.54) is 5.56 Å². The minimum absolute atomic E-state index is 0.0206. The van der Waals surface area contributed by atoms with Gasteiger partial charge in [0.25, 0.3) is 0 Å². The molecule has 0 atom stereocenters. The predicted molar refractivity (Wildman–Crippen MR) is 109 cm³/mol. The summed E-state index contributed by atoms with van der Waals surface area (Å²) in [5.41, 5.74) is 3.90. The Kier molecular flexibility index (Phi) is 6.31. The largest absolute Gasteiger partial charge is 0.309 e. The second-order valence-electron chi connectivity index (χ2n) is 7.05. The van der Waals surface area contributed by atoms with Crippen molar-refractivity contribution in [3.63, 3.8) is 0 Å². The van der Waals surface area contributed by atoms with Crippen molar-refractivity contribution in [1.29, 1.82) is 0 Å². The highest BCUT2D eigenvalue weighted by Crippen LogP contribution is 2.21. The molecule has 1 heterocycles. The zero-order valence-electron chi connectivity index (χ0n) is 15.9. The molecule has 0 aliphatic heterocycles. The van der Waals surface area contributed by atoms with Crippen LogP contribution in [0, 0.1) is 5.92 Å². The lowest BCUT2D eigenvalue weighted by Crippen LogP contribution is -2.17. The summed E-state index contributed by atoms with van der Waals surface area (Å²) in [6.07, 6.45) is 3.77. The smallest absolute Gasteiger partial charge is 0.225 e. The molecule has 138 valence electrons. The van der Waals surface area contributed by atoms with Crippen molar-refractivity contribution in [1.82, 2.24) is 9.97 Å². The van der Waals surface area contributed by atoms with Gasteiger partial charge in [-0.15, -0.1) is 0 Å². The number of carbonyl (C=O) groups excluding carboxylic acids is 1. The highest BCUT2D eigenvalue weighted by atomic mass is 16.1. The molecule has 0 spiro atoms. The van der Waals surface area contributed by atoms with Gasteiger partial charge in [-0.05, 0) is 24.3 Å². The minimum atomic E-state index is -0.0206. The number of rotatable bonds is 7. The monoisotopic (exact) mass is 359 g/mol. The highest BCUT2D eigenvalue weighted by Gasteiger charge is 2.13. The Balaban J connectivity index is 1.85. The summed E-state index contributed by atoms with van der Waals surface area (Å²) >= 11 is 0. The summed E-state index contributed by atoms with van der Waals surface area (Å²) in [6.45, 7) is 4.06. The Morgan fingerprint density at radius 2 is 1.63 bits per heavy atom. The lowest BCUT2D eigenvalue weighted by Gasteiger charge is -2.12. The first-order valence-corrected chi connectivity index (χ1v) is 9.37. The Morgan fingerprint density at radius 3 is 2.30 bits per heavy atom. The Bertz CT molecular complexity index is 877. The second-order valence-corrected chi connectivity index (χ2v) is 7.05. The zero-order chi connectivity index (χ0) is 19.1. The summed E-state index contributed by atoms with van der Waals surface area (Å²) in [5.74, 6) is 0.846. The number of anilines is 1. The van der Waals surface area contributed by atoms with Crippen molar-refractivity contribution in [2.45, 2.75) is 33.1 Å².